The first-order valence-corrected chi connectivity index (χ1v) is 8.27. The molecule has 2 unspecified atom stereocenters. The molecule has 7 heteroatoms. The zero-order chi connectivity index (χ0) is 15.4. The molecule has 5 N–H and O–H groups in total. The molecule has 1 heterocycles. The van der Waals surface area contributed by atoms with Gasteiger partial charge in [-0.05, 0) is 26.7 Å². The summed E-state index contributed by atoms with van der Waals surface area (Å²) in [6.07, 6.45) is 4.06. The predicted octanol–water partition coefficient (Wildman–Crippen LogP) is 1.83. The number of carbonyl (C=O) groups is 1. The number of rotatable bonds is 5. The highest BCUT2D eigenvalue weighted by molar-refractivity contribution is 7.18. The Hall–Kier alpha value is -1.34. The van der Waals surface area contributed by atoms with Gasteiger partial charge in [0, 0.05) is 24.6 Å². The van der Waals surface area contributed by atoms with E-state index < -0.39 is 0 Å². The molecule has 1 saturated carbocycles. The summed E-state index contributed by atoms with van der Waals surface area (Å²) >= 11 is 1.27. The lowest BCUT2D eigenvalue weighted by Crippen LogP contribution is -2.43. The van der Waals surface area contributed by atoms with Gasteiger partial charge in [0.2, 0.25) is 0 Å². The van der Waals surface area contributed by atoms with E-state index in [4.69, 9.17) is 5.73 Å². The van der Waals surface area contributed by atoms with E-state index in [1.807, 2.05) is 13.8 Å². The average Bonchev–Trinajstić information content (AvgIpc) is 2.79. The number of aliphatic hydroxyl groups excluding tert-OH is 1. The lowest BCUT2D eigenvalue weighted by molar-refractivity contribution is 0.0877. The van der Waals surface area contributed by atoms with Crippen LogP contribution in [0.2, 0.25) is 0 Å². The van der Waals surface area contributed by atoms with Crippen LogP contribution in [0.4, 0.5) is 10.9 Å². The van der Waals surface area contributed by atoms with Crippen LogP contribution in [0, 0.1) is 5.92 Å². The van der Waals surface area contributed by atoms with Crippen molar-refractivity contribution >= 4 is 28.2 Å². The first-order valence-electron chi connectivity index (χ1n) is 7.45. The summed E-state index contributed by atoms with van der Waals surface area (Å²) in [6, 6.07) is 0.267. The summed E-state index contributed by atoms with van der Waals surface area (Å²) in [5.41, 5.74) is 5.84. The van der Waals surface area contributed by atoms with E-state index in [-0.39, 0.29) is 36.3 Å². The largest absolute Gasteiger partial charge is 0.396 e. The standard InChI is InChI=1S/C14H24N4O2S/c1-8(2)16-14-18-12(15)11(21-14)13(20)17-10-6-4-3-5-9(10)7-19/h8-10,19H,3-7,15H2,1-2H3,(H,16,18)(H,17,20). The maximum Gasteiger partial charge on any atom is 0.265 e. The monoisotopic (exact) mass is 312 g/mol. The van der Waals surface area contributed by atoms with Crippen molar-refractivity contribution in [3.63, 3.8) is 0 Å². The van der Waals surface area contributed by atoms with Crippen molar-refractivity contribution in [3.05, 3.63) is 4.88 Å². The normalized spacial score (nSPS) is 22.3. The van der Waals surface area contributed by atoms with Crippen molar-refractivity contribution < 1.29 is 9.90 Å². The molecule has 0 aromatic carbocycles. The number of amides is 1. The number of nitrogen functional groups attached to an aromatic ring is 1. The summed E-state index contributed by atoms with van der Waals surface area (Å²) in [6.45, 7) is 4.12. The van der Waals surface area contributed by atoms with E-state index >= 15 is 0 Å². The molecular formula is C14H24N4O2S. The van der Waals surface area contributed by atoms with Gasteiger partial charge < -0.3 is 21.5 Å². The fourth-order valence-electron chi connectivity index (χ4n) is 2.65. The molecule has 0 radical (unpaired) electrons. The molecule has 1 aliphatic carbocycles. The summed E-state index contributed by atoms with van der Waals surface area (Å²) in [5, 5.41) is 16.2. The van der Waals surface area contributed by atoms with Crippen LogP contribution in [0.5, 0.6) is 0 Å². The van der Waals surface area contributed by atoms with Gasteiger partial charge in [-0.15, -0.1) is 0 Å². The number of thiazole rings is 1. The lowest BCUT2D eigenvalue weighted by Gasteiger charge is -2.30. The van der Waals surface area contributed by atoms with Crippen LogP contribution in [0.3, 0.4) is 0 Å². The maximum atomic E-state index is 12.4. The number of nitrogens with two attached hydrogens (primary N) is 1. The van der Waals surface area contributed by atoms with Gasteiger partial charge in [-0.2, -0.15) is 0 Å². The number of aromatic nitrogens is 1. The molecule has 0 saturated heterocycles. The highest BCUT2D eigenvalue weighted by Gasteiger charge is 2.27. The third kappa shape index (κ3) is 4.07. The fraction of sp³-hybridized carbons (Fsp3) is 0.714. The van der Waals surface area contributed by atoms with Crippen LogP contribution in [-0.4, -0.2) is 34.7 Å². The smallest absolute Gasteiger partial charge is 0.265 e. The van der Waals surface area contributed by atoms with E-state index in [9.17, 15) is 9.90 Å². The van der Waals surface area contributed by atoms with Crippen molar-refractivity contribution in [2.24, 2.45) is 5.92 Å². The minimum absolute atomic E-state index is 0.0271. The van der Waals surface area contributed by atoms with Crippen LogP contribution in [-0.2, 0) is 0 Å². The quantitative estimate of drug-likeness (QED) is 0.664. The lowest BCUT2D eigenvalue weighted by atomic mass is 9.85. The van der Waals surface area contributed by atoms with Gasteiger partial charge in [-0.1, -0.05) is 24.2 Å². The van der Waals surface area contributed by atoms with Crippen LogP contribution in [0.15, 0.2) is 0 Å². The van der Waals surface area contributed by atoms with Gasteiger partial charge in [0.05, 0.1) is 0 Å². The van der Waals surface area contributed by atoms with Crippen molar-refractivity contribution in [3.8, 4) is 0 Å². The Morgan fingerprint density at radius 3 is 2.86 bits per heavy atom. The van der Waals surface area contributed by atoms with Crippen molar-refractivity contribution in [2.45, 2.75) is 51.6 Å². The first kappa shape index (κ1) is 16.0. The Balaban J connectivity index is 2.04. The average molecular weight is 312 g/mol. The number of nitrogens with zero attached hydrogens (tertiary/aromatic N) is 1. The third-order valence-electron chi connectivity index (χ3n) is 3.73. The van der Waals surface area contributed by atoms with Crippen LogP contribution in [0.25, 0.3) is 0 Å². The number of hydrogen-bond acceptors (Lipinski definition) is 6. The van der Waals surface area contributed by atoms with E-state index in [2.05, 4.69) is 15.6 Å². The SMILES string of the molecule is CC(C)Nc1nc(N)c(C(=O)NC2CCCCC2CO)s1. The minimum atomic E-state index is -0.188. The van der Waals surface area contributed by atoms with Crippen LogP contribution in [0.1, 0.15) is 49.2 Å². The maximum absolute atomic E-state index is 12.4. The second-order valence-electron chi connectivity index (χ2n) is 5.84. The number of anilines is 2. The van der Waals surface area contributed by atoms with Crippen LogP contribution >= 0.6 is 11.3 Å². The molecule has 118 valence electrons. The summed E-state index contributed by atoms with van der Waals surface area (Å²) in [4.78, 5) is 17.0. The topological polar surface area (TPSA) is 100 Å². The predicted molar refractivity (Wildman–Crippen MR) is 85.6 cm³/mol. The van der Waals surface area contributed by atoms with Crippen molar-refractivity contribution in [1.82, 2.24) is 10.3 Å². The molecule has 1 fully saturated rings. The number of aliphatic hydroxyl groups is 1. The second kappa shape index (κ2) is 7.09. The highest BCUT2D eigenvalue weighted by Crippen LogP contribution is 2.28. The molecule has 2 rings (SSSR count). The molecule has 1 aliphatic rings. The molecule has 0 bridgehead atoms. The van der Waals surface area contributed by atoms with E-state index in [0.29, 0.717) is 10.0 Å². The van der Waals surface area contributed by atoms with E-state index in [1.54, 1.807) is 0 Å². The highest BCUT2D eigenvalue weighted by atomic mass is 32.1. The van der Waals surface area contributed by atoms with Gasteiger partial charge in [-0.3, -0.25) is 4.79 Å². The Morgan fingerprint density at radius 1 is 1.48 bits per heavy atom. The van der Waals surface area contributed by atoms with Gasteiger partial charge in [0.25, 0.3) is 5.91 Å². The summed E-state index contributed by atoms with van der Waals surface area (Å²) < 4.78 is 0. The number of nitrogens with one attached hydrogen (secondary N) is 2. The van der Waals surface area contributed by atoms with Crippen molar-refractivity contribution in [2.75, 3.05) is 17.7 Å². The Morgan fingerprint density at radius 2 is 2.19 bits per heavy atom. The molecule has 0 aliphatic heterocycles. The van der Waals surface area contributed by atoms with Gasteiger partial charge in [0.1, 0.15) is 10.7 Å². The number of carbonyl (C=O) groups excluding carboxylic acids is 1. The summed E-state index contributed by atoms with van der Waals surface area (Å²) in [7, 11) is 0. The third-order valence-corrected chi connectivity index (χ3v) is 4.73. The molecular weight excluding hydrogens is 288 g/mol. The van der Waals surface area contributed by atoms with Gasteiger partial charge in [0.15, 0.2) is 5.13 Å². The molecule has 1 aromatic heterocycles. The Kier molecular flexibility index (Phi) is 5.41. The summed E-state index contributed by atoms with van der Waals surface area (Å²) in [5.74, 6) is 0.217. The zero-order valence-corrected chi connectivity index (χ0v) is 13.4. The zero-order valence-electron chi connectivity index (χ0n) is 12.6. The first-order chi connectivity index (χ1) is 10.0. The molecule has 21 heavy (non-hydrogen) atoms. The minimum Gasteiger partial charge on any atom is -0.396 e. The fourth-order valence-corrected chi connectivity index (χ4v) is 3.59. The molecule has 1 aromatic rings. The Labute approximate surface area is 129 Å². The van der Waals surface area contributed by atoms with Gasteiger partial charge in [-0.25, -0.2) is 4.98 Å². The Bertz CT molecular complexity index is 489. The van der Waals surface area contributed by atoms with E-state index in [1.165, 1.54) is 11.3 Å². The van der Waals surface area contributed by atoms with Crippen molar-refractivity contribution in [1.29, 1.82) is 0 Å². The molecule has 0 spiro atoms. The molecule has 6 nitrogen and oxygen atoms in total. The van der Waals surface area contributed by atoms with Crippen LogP contribution < -0.4 is 16.4 Å². The van der Waals surface area contributed by atoms with E-state index in [0.717, 1.165) is 25.7 Å². The molecule has 1 amide bonds. The molecule has 2 atom stereocenters. The second-order valence-corrected chi connectivity index (χ2v) is 6.84. The number of hydrogen-bond donors (Lipinski definition) is 4. The van der Waals surface area contributed by atoms with Gasteiger partial charge >= 0.3 is 0 Å².